The molecular formula is C25H33ClN2O2. The SMILES string of the molecule is CCCCC(CCCC)N(NC(=O)c1ccc(CC)cc1)C(=O)c1ccccc1Cl. The number of hydrogen-bond donors (Lipinski definition) is 1. The fourth-order valence-electron chi connectivity index (χ4n) is 3.42. The Bertz CT molecular complexity index is 812. The quantitative estimate of drug-likeness (QED) is 0.442. The molecule has 0 aliphatic rings. The van der Waals surface area contributed by atoms with Crippen molar-refractivity contribution in [3.63, 3.8) is 0 Å². The molecule has 5 heteroatoms. The Hall–Kier alpha value is -2.33. The predicted octanol–water partition coefficient (Wildman–Crippen LogP) is 6.44. The van der Waals surface area contributed by atoms with Gasteiger partial charge in [-0.25, -0.2) is 5.01 Å². The number of benzene rings is 2. The zero-order valence-electron chi connectivity index (χ0n) is 18.3. The Morgan fingerprint density at radius 1 is 0.933 bits per heavy atom. The molecule has 0 unspecified atom stereocenters. The molecule has 30 heavy (non-hydrogen) atoms. The van der Waals surface area contributed by atoms with Crippen LogP contribution in [0.3, 0.4) is 0 Å². The van der Waals surface area contributed by atoms with Crippen LogP contribution in [0, 0.1) is 0 Å². The van der Waals surface area contributed by atoms with Gasteiger partial charge in [-0.3, -0.25) is 15.0 Å². The minimum absolute atomic E-state index is 0.0764. The summed E-state index contributed by atoms with van der Waals surface area (Å²) in [6, 6.07) is 14.4. The van der Waals surface area contributed by atoms with Crippen LogP contribution in [0.5, 0.6) is 0 Å². The van der Waals surface area contributed by atoms with E-state index in [0.717, 1.165) is 44.9 Å². The molecule has 0 saturated carbocycles. The monoisotopic (exact) mass is 428 g/mol. The first-order valence-electron chi connectivity index (χ1n) is 11.0. The Morgan fingerprint density at radius 2 is 1.53 bits per heavy atom. The van der Waals surface area contributed by atoms with Crippen molar-refractivity contribution < 1.29 is 9.59 Å². The van der Waals surface area contributed by atoms with Gasteiger partial charge in [0.1, 0.15) is 0 Å². The van der Waals surface area contributed by atoms with E-state index in [1.807, 2.05) is 12.1 Å². The molecule has 2 amide bonds. The fraction of sp³-hybridized carbons (Fsp3) is 0.440. The summed E-state index contributed by atoms with van der Waals surface area (Å²) in [6.45, 7) is 6.33. The molecule has 0 radical (unpaired) electrons. The van der Waals surface area contributed by atoms with E-state index < -0.39 is 0 Å². The van der Waals surface area contributed by atoms with Crippen LogP contribution >= 0.6 is 11.6 Å². The topological polar surface area (TPSA) is 49.4 Å². The second kappa shape index (κ2) is 12.4. The van der Waals surface area contributed by atoms with Gasteiger partial charge in [-0.05, 0) is 49.1 Å². The highest BCUT2D eigenvalue weighted by molar-refractivity contribution is 6.33. The largest absolute Gasteiger partial charge is 0.274 e. The third-order valence-electron chi connectivity index (χ3n) is 5.32. The lowest BCUT2D eigenvalue weighted by atomic mass is 10.0. The molecule has 2 aromatic carbocycles. The zero-order chi connectivity index (χ0) is 21.9. The Labute approximate surface area is 185 Å². The van der Waals surface area contributed by atoms with E-state index in [-0.39, 0.29) is 17.9 Å². The lowest BCUT2D eigenvalue weighted by Crippen LogP contribution is -2.52. The van der Waals surface area contributed by atoms with E-state index >= 15 is 0 Å². The van der Waals surface area contributed by atoms with Gasteiger partial charge < -0.3 is 0 Å². The molecule has 1 N–H and O–H groups in total. The van der Waals surface area contributed by atoms with E-state index in [1.165, 1.54) is 10.6 Å². The summed E-state index contributed by atoms with van der Waals surface area (Å²) in [7, 11) is 0. The summed E-state index contributed by atoms with van der Waals surface area (Å²) in [5.74, 6) is -0.549. The number of rotatable bonds is 10. The average Bonchev–Trinajstić information content (AvgIpc) is 2.77. The first kappa shape index (κ1) is 23.9. The van der Waals surface area contributed by atoms with Gasteiger partial charge in [0.25, 0.3) is 11.8 Å². The molecular weight excluding hydrogens is 396 g/mol. The van der Waals surface area contributed by atoms with Crippen molar-refractivity contribution in [2.75, 3.05) is 0 Å². The number of amides is 2. The van der Waals surface area contributed by atoms with Crippen LogP contribution < -0.4 is 5.43 Å². The smallest absolute Gasteiger partial charge is 0.267 e. The van der Waals surface area contributed by atoms with Crippen LogP contribution in [0.4, 0.5) is 0 Å². The van der Waals surface area contributed by atoms with Crippen molar-refractivity contribution in [2.24, 2.45) is 0 Å². The molecule has 2 aromatic rings. The number of hydrazine groups is 1. The van der Waals surface area contributed by atoms with Gasteiger partial charge in [-0.2, -0.15) is 0 Å². The van der Waals surface area contributed by atoms with Crippen LogP contribution in [-0.4, -0.2) is 22.9 Å². The number of halogens is 1. The average molecular weight is 429 g/mol. The molecule has 0 bridgehead atoms. The summed E-state index contributed by atoms with van der Waals surface area (Å²) in [4.78, 5) is 26.4. The molecule has 0 aliphatic carbocycles. The number of unbranched alkanes of at least 4 members (excludes halogenated alkanes) is 2. The van der Waals surface area contributed by atoms with Crippen molar-refractivity contribution in [1.82, 2.24) is 10.4 Å². The van der Waals surface area contributed by atoms with E-state index in [2.05, 4.69) is 26.2 Å². The summed E-state index contributed by atoms with van der Waals surface area (Å²) >= 11 is 6.30. The summed E-state index contributed by atoms with van der Waals surface area (Å²) < 4.78 is 0. The summed E-state index contributed by atoms with van der Waals surface area (Å²) in [5, 5.41) is 1.90. The van der Waals surface area contributed by atoms with Crippen LogP contribution in [-0.2, 0) is 6.42 Å². The molecule has 0 spiro atoms. The molecule has 4 nitrogen and oxygen atoms in total. The number of hydrogen-bond acceptors (Lipinski definition) is 2. The van der Waals surface area contributed by atoms with Crippen LogP contribution in [0.2, 0.25) is 5.02 Å². The maximum absolute atomic E-state index is 13.4. The van der Waals surface area contributed by atoms with Crippen molar-refractivity contribution in [1.29, 1.82) is 0 Å². The second-order valence-electron chi connectivity index (χ2n) is 7.58. The van der Waals surface area contributed by atoms with Gasteiger partial charge in [0.15, 0.2) is 0 Å². The molecule has 0 heterocycles. The van der Waals surface area contributed by atoms with E-state index in [1.54, 1.807) is 36.4 Å². The third-order valence-corrected chi connectivity index (χ3v) is 5.65. The molecule has 2 rings (SSSR count). The normalized spacial score (nSPS) is 10.8. The van der Waals surface area contributed by atoms with Gasteiger partial charge in [0.2, 0.25) is 0 Å². The van der Waals surface area contributed by atoms with Crippen LogP contribution in [0.1, 0.15) is 85.6 Å². The summed E-state index contributed by atoms with van der Waals surface area (Å²) in [6.07, 6.45) is 6.62. The molecule has 0 fully saturated rings. The van der Waals surface area contributed by atoms with E-state index in [0.29, 0.717) is 16.1 Å². The Balaban J connectivity index is 2.33. The number of aryl methyl sites for hydroxylation is 1. The second-order valence-corrected chi connectivity index (χ2v) is 7.99. The minimum atomic E-state index is -0.281. The fourth-order valence-corrected chi connectivity index (χ4v) is 3.64. The van der Waals surface area contributed by atoms with Crippen LogP contribution in [0.15, 0.2) is 48.5 Å². The number of carbonyl (C=O) groups is 2. The number of carbonyl (C=O) groups excluding carboxylic acids is 2. The molecule has 0 saturated heterocycles. The third kappa shape index (κ3) is 6.60. The van der Waals surface area contributed by atoms with E-state index in [4.69, 9.17) is 11.6 Å². The van der Waals surface area contributed by atoms with Crippen molar-refractivity contribution in [3.8, 4) is 0 Å². The lowest BCUT2D eigenvalue weighted by Gasteiger charge is -2.32. The highest BCUT2D eigenvalue weighted by Crippen LogP contribution is 2.22. The van der Waals surface area contributed by atoms with Crippen molar-refractivity contribution >= 4 is 23.4 Å². The Kier molecular flexibility index (Phi) is 9.88. The maximum atomic E-state index is 13.4. The standard InChI is InChI=1S/C25H33ClN2O2/c1-4-7-11-21(12-8-5-2)28(25(30)22-13-9-10-14-23(22)26)27-24(29)20-17-15-19(6-3)16-18-20/h9-10,13-18,21H,4-8,11-12H2,1-3H3,(H,27,29). The predicted molar refractivity (Wildman–Crippen MR) is 124 cm³/mol. The molecule has 0 aromatic heterocycles. The lowest BCUT2D eigenvalue weighted by molar-refractivity contribution is 0.0450. The molecule has 162 valence electrons. The summed E-state index contributed by atoms with van der Waals surface area (Å²) in [5.41, 5.74) is 5.00. The number of nitrogens with one attached hydrogen (secondary N) is 1. The molecule has 0 aliphatic heterocycles. The van der Waals surface area contributed by atoms with Gasteiger partial charge in [-0.1, -0.05) is 82.3 Å². The molecule has 0 atom stereocenters. The highest BCUT2D eigenvalue weighted by atomic mass is 35.5. The number of nitrogens with zero attached hydrogens (tertiary/aromatic N) is 1. The van der Waals surface area contributed by atoms with Crippen molar-refractivity contribution in [2.45, 2.75) is 71.8 Å². The Morgan fingerprint density at radius 3 is 2.07 bits per heavy atom. The van der Waals surface area contributed by atoms with Gasteiger partial charge in [0, 0.05) is 5.56 Å². The van der Waals surface area contributed by atoms with Gasteiger partial charge >= 0.3 is 0 Å². The van der Waals surface area contributed by atoms with Gasteiger partial charge in [-0.15, -0.1) is 0 Å². The van der Waals surface area contributed by atoms with Gasteiger partial charge in [0.05, 0.1) is 16.6 Å². The minimum Gasteiger partial charge on any atom is -0.267 e. The zero-order valence-corrected chi connectivity index (χ0v) is 19.0. The highest BCUT2D eigenvalue weighted by Gasteiger charge is 2.27. The first-order valence-corrected chi connectivity index (χ1v) is 11.4. The van der Waals surface area contributed by atoms with E-state index in [9.17, 15) is 9.59 Å². The maximum Gasteiger partial charge on any atom is 0.274 e. The van der Waals surface area contributed by atoms with Crippen molar-refractivity contribution in [3.05, 3.63) is 70.2 Å². The van der Waals surface area contributed by atoms with Crippen LogP contribution in [0.25, 0.3) is 0 Å². The first-order chi connectivity index (χ1) is 14.5.